The molecule has 0 heterocycles. The summed E-state index contributed by atoms with van der Waals surface area (Å²) in [7, 11) is 0. The summed E-state index contributed by atoms with van der Waals surface area (Å²) in [5.74, 6) is 0.198. The van der Waals surface area contributed by atoms with Crippen LogP contribution in [0.4, 0.5) is 0 Å². The molecule has 0 aromatic heterocycles. The third-order valence-corrected chi connectivity index (χ3v) is 5.88. The number of amides is 2. The highest BCUT2D eigenvalue weighted by molar-refractivity contribution is 9.10. The predicted octanol–water partition coefficient (Wildman–Crippen LogP) is 4.78. The first-order valence-corrected chi connectivity index (χ1v) is 10.8. The minimum absolute atomic E-state index is 0.138. The van der Waals surface area contributed by atoms with E-state index in [4.69, 9.17) is 4.74 Å². The zero-order valence-electron chi connectivity index (χ0n) is 18.6. The molecule has 6 heteroatoms. The van der Waals surface area contributed by atoms with Gasteiger partial charge in [0.25, 0.3) is 5.91 Å². The summed E-state index contributed by atoms with van der Waals surface area (Å²) in [5.41, 5.74) is 2.65. The Morgan fingerprint density at radius 2 is 1.67 bits per heavy atom. The largest absolute Gasteiger partial charge is 0.484 e. The van der Waals surface area contributed by atoms with Crippen LogP contribution in [0.2, 0.25) is 0 Å². The van der Waals surface area contributed by atoms with Gasteiger partial charge in [0.05, 0.1) is 0 Å². The second-order valence-electron chi connectivity index (χ2n) is 8.58. The molecule has 0 fully saturated rings. The van der Waals surface area contributed by atoms with E-state index in [1.54, 1.807) is 11.8 Å². The highest BCUT2D eigenvalue weighted by Crippen LogP contribution is 2.26. The Morgan fingerprint density at radius 1 is 1.10 bits per heavy atom. The van der Waals surface area contributed by atoms with E-state index in [-0.39, 0.29) is 24.0 Å². The highest BCUT2D eigenvalue weighted by atomic mass is 79.9. The lowest BCUT2D eigenvalue weighted by Gasteiger charge is -2.31. The minimum atomic E-state index is -0.631. The lowest BCUT2D eigenvalue weighted by molar-refractivity contribution is -0.142. The van der Waals surface area contributed by atoms with Crippen molar-refractivity contribution in [3.63, 3.8) is 0 Å². The molecule has 0 saturated heterocycles. The van der Waals surface area contributed by atoms with Crippen LogP contribution in [-0.4, -0.2) is 34.9 Å². The minimum Gasteiger partial charge on any atom is -0.484 e. The van der Waals surface area contributed by atoms with Gasteiger partial charge in [-0.2, -0.15) is 0 Å². The van der Waals surface area contributed by atoms with Gasteiger partial charge < -0.3 is 15.0 Å². The van der Waals surface area contributed by atoms with E-state index < -0.39 is 6.04 Å². The number of rotatable bonds is 7. The second kappa shape index (κ2) is 10.1. The number of ether oxygens (including phenoxy) is 1. The van der Waals surface area contributed by atoms with E-state index in [9.17, 15) is 9.59 Å². The monoisotopic (exact) mass is 474 g/mol. The van der Waals surface area contributed by atoms with E-state index in [0.717, 1.165) is 21.2 Å². The van der Waals surface area contributed by atoms with Crippen molar-refractivity contribution in [3.05, 3.63) is 63.6 Å². The summed E-state index contributed by atoms with van der Waals surface area (Å²) < 4.78 is 6.82. The SMILES string of the molecule is Cc1cc(OCC(=O)N(Cc2ccccc2)[C@@H](C)C(=O)NC(C)(C)C)cc(C)c1Br. The standard InChI is InChI=1S/C24H31BrN2O3/c1-16-12-20(13-17(2)22(16)25)30-15-21(28)27(14-19-10-8-7-9-11-19)18(3)23(29)26-24(4,5)6/h7-13,18H,14-15H2,1-6H3,(H,26,29)/t18-/m0/s1. The van der Waals surface area contributed by atoms with E-state index in [0.29, 0.717) is 12.3 Å². The average Bonchev–Trinajstić information content (AvgIpc) is 2.67. The number of nitrogens with zero attached hydrogens (tertiary/aromatic N) is 1. The van der Waals surface area contributed by atoms with Crippen LogP contribution in [0.3, 0.4) is 0 Å². The van der Waals surface area contributed by atoms with Crippen LogP contribution in [0.15, 0.2) is 46.9 Å². The number of hydrogen-bond donors (Lipinski definition) is 1. The Kier molecular flexibility index (Phi) is 8.07. The van der Waals surface area contributed by atoms with Gasteiger partial charge in [-0.15, -0.1) is 0 Å². The molecule has 0 aliphatic heterocycles. The van der Waals surface area contributed by atoms with Gasteiger partial charge in [0, 0.05) is 16.6 Å². The fourth-order valence-corrected chi connectivity index (χ4v) is 3.28. The maximum Gasteiger partial charge on any atom is 0.261 e. The molecular weight excluding hydrogens is 444 g/mol. The zero-order valence-corrected chi connectivity index (χ0v) is 20.2. The Morgan fingerprint density at radius 3 is 2.20 bits per heavy atom. The molecule has 1 N–H and O–H groups in total. The Labute approximate surface area is 187 Å². The summed E-state index contributed by atoms with van der Waals surface area (Å²) in [6.07, 6.45) is 0. The van der Waals surface area contributed by atoms with Crippen molar-refractivity contribution < 1.29 is 14.3 Å². The van der Waals surface area contributed by atoms with Gasteiger partial charge in [0.2, 0.25) is 5.91 Å². The molecule has 2 aromatic rings. The number of carbonyl (C=O) groups is 2. The maximum atomic E-state index is 13.1. The van der Waals surface area contributed by atoms with E-state index in [1.165, 1.54) is 0 Å². The first-order valence-electron chi connectivity index (χ1n) is 10.0. The van der Waals surface area contributed by atoms with E-state index >= 15 is 0 Å². The van der Waals surface area contributed by atoms with Crippen LogP contribution < -0.4 is 10.1 Å². The quantitative estimate of drug-likeness (QED) is 0.628. The van der Waals surface area contributed by atoms with E-state index in [1.807, 2.05) is 77.1 Å². The van der Waals surface area contributed by atoms with Crippen LogP contribution in [0.5, 0.6) is 5.75 Å². The molecule has 0 saturated carbocycles. The number of hydrogen-bond acceptors (Lipinski definition) is 3. The van der Waals surface area contributed by atoms with Crippen molar-refractivity contribution in [1.29, 1.82) is 0 Å². The Hall–Kier alpha value is -2.34. The van der Waals surface area contributed by atoms with Crippen molar-refractivity contribution in [1.82, 2.24) is 10.2 Å². The maximum absolute atomic E-state index is 13.1. The number of benzene rings is 2. The van der Waals surface area contributed by atoms with E-state index in [2.05, 4.69) is 21.2 Å². The molecule has 0 aliphatic rings. The normalized spacial score (nSPS) is 12.2. The van der Waals surface area contributed by atoms with Crippen LogP contribution in [0, 0.1) is 13.8 Å². The van der Waals surface area contributed by atoms with Crippen molar-refractivity contribution in [2.24, 2.45) is 0 Å². The molecule has 5 nitrogen and oxygen atoms in total. The number of aryl methyl sites for hydroxylation is 2. The fourth-order valence-electron chi connectivity index (χ4n) is 3.05. The summed E-state index contributed by atoms with van der Waals surface area (Å²) in [5, 5.41) is 2.96. The second-order valence-corrected chi connectivity index (χ2v) is 9.38. The molecule has 0 unspecified atom stereocenters. The molecule has 2 amide bonds. The van der Waals surface area contributed by atoms with Gasteiger partial charge in [0.1, 0.15) is 11.8 Å². The summed E-state index contributed by atoms with van der Waals surface area (Å²) in [4.78, 5) is 27.4. The van der Waals surface area contributed by atoms with Crippen LogP contribution in [0.25, 0.3) is 0 Å². The third-order valence-electron chi connectivity index (χ3n) is 4.63. The smallest absolute Gasteiger partial charge is 0.261 e. The molecule has 0 radical (unpaired) electrons. The van der Waals surface area contributed by atoms with Crippen molar-refractivity contribution in [3.8, 4) is 5.75 Å². The Bertz CT molecular complexity index is 868. The molecule has 0 bridgehead atoms. The molecule has 1 atom stereocenters. The van der Waals surface area contributed by atoms with Gasteiger partial charge in [-0.25, -0.2) is 0 Å². The molecular formula is C24H31BrN2O3. The number of nitrogens with one attached hydrogen (secondary N) is 1. The van der Waals surface area contributed by atoms with Crippen LogP contribution in [0.1, 0.15) is 44.4 Å². The van der Waals surface area contributed by atoms with Crippen LogP contribution >= 0.6 is 15.9 Å². The molecule has 2 rings (SSSR count). The molecule has 0 spiro atoms. The highest BCUT2D eigenvalue weighted by Gasteiger charge is 2.28. The van der Waals surface area contributed by atoms with Gasteiger partial charge in [0.15, 0.2) is 6.61 Å². The van der Waals surface area contributed by atoms with Crippen molar-refractivity contribution in [2.75, 3.05) is 6.61 Å². The molecule has 0 aliphatic carbocycles. The van der Waals surface area contributed by atoms with Gasteiger partial charge in [-0.05, 0) is 70.4 Å². The summed E-state index contributed by atoms with van der Waals surface area (Å²) in [6, 6.07) is 12.8. The molecule has 162 valence electrons. The zero-order chi connectivity index (χ0) is 22.5. The molecule has 30 heavy (non-hydrogen) atoms. The lowest BCUT2D eigenvalue weighted by Crippen LogP contribution is -2.53. The van der Waals surface area contributed by atoms with Gasteiger partial charge in [-0.1, -0.05) is 46.3 Å². The predicted molar refractivity (Wildman–Crippen MR) is 123 cm³/mol. The first kappa shape index (κ1) is 23.9. The Balaban J connectivity index is 2.18. The molecule has 2 aromatic carbocycles. The number of halogens is 1. The van der Waals surface area contributed by atoms with Gasteiger partial charge >= 0.3 is 0 Å². The van der Waals surface area contributed by atoms with Crippen LogP contribution in [-0.2, 0) is 16.1 Å². The lowest BCUT2D eigenvalue weighted by atomic mass is 10.1. The number of carbonyl (C=O) groups excluding carboxylic acids is 2. The average molecular weight is 475 g/mol. The van der Waals surface area contributed by atoms with Gasteiger partial charge in [-0.3, -0.25) is 9.59 Å². The van der Waals surface area contributed by atoms with Crippen molar-refractivity contribution >= 4 is 27.7 Å². The third kappa shape index (κ3) is 6.87. The van der Waals surface area contributed by atoms with Crippen molar-refractivity contribution in [2.45, 2.75) is 59.7 Å². The summed E-state index contributed by atoms with van der Waals surface area (Å²) >= 11 is 3.54. The fraction of sp³-hybridized carbons (Fsp3) is 0.417. The summed E-state index contributed by atoms with van der Waals surface area (Å²) in [6.45, 7) is 11.7. The first-order chi connectivity index (χ1) is 14.0. The topological polar surface area (TPSA) is 58.6 Å².